The number of nitrogens with one attached hydrogen (secondary N) is 2. The molecule has 2 aromatic rings. The van der Waals surface area contributed by atoms with Crippen LogP contribution in [0.15, 0.2) is 11.1 Å². The summed E-state index contributed by atoms with van der Waals surface area (Å²) >= 11 is 0. The molecule has 13 heteroatoms. The van der Waals surface area contributed by atoms with Gasteiger partial charge in [0.25, 0.3) is 5.56 Å². The van der Waals surface area contributed by atoms with E-state index < -0.39 is 34.3 Å². The van der Waals surface area contributed by atoms with Crippen molar-refractivity contribution in [3.63, 3.8) is 0 Å². The molecule has 4 rings (SSSR count). The smallest absolute Gasteiger partial charge is 0.335 e. The first-order valence-electron chi connectivity index (χ1n) is 14.9. The van der Waals surface area contributed by atoms with Crippen LogP contribution in [0.4, 0.5) is 5.95 Å². The number of imidazole rings is 1. The van der Waals surface area contributed by atoms with Gasteiger partial charge >= 0.3 is 17.1 Å². The lowest BCUT2D eigenvalue weighted by molar-refractivity contribution is -0.118. The van der Waals surface area contributed by atoms with Gasteiger partial charge in [-0.05, 0) is 22.2 Å². The van der Waals surface area contributed by atoms with Gasteiger partial charge in [0.05, 0.1) is 19.0 Å². The number of anilines is 1. The minimum Gasteiger partial charge on any atom is -0.414 e. The normalized spacial score (nSPS) is 25.7. The maximum atomic E-state index is 12.9. The minimum absolute atomic E-state index is 0.0773. The maximum absolute atomic E-state index is 12.9. The van der Waals surface area contributed by atoms with E-state index in [0.717, 1.165) is 0 Å². The molecule has 0 radical (unpaired) electrons. The summed E-state index contributed by atoms with van der Waals surface area (Å²) < 4.78 is 30.2. The first-order valence-corrected chi connectivity index (χ1v) is 18.9. The van der Waals surface area contributed by atoms with Crippen LogP contribution in [0.5, 0.6) is 0 Å². The van der Waals surface area contributed by atoms with E-state index >= 15 is 0 Å². The summed E-state index contributed by atoms with van der Waals surface area (Å²) in [4.78, 5) is 36.8. The molecule has 2 aromatic heterocycles. The zero-order valence-corrected chi connectivity index (χ0v) is 28.7. The van der Waals surface area contributed by atoms with Crippen molar-refractivity contribution in [1.82, 2.24) is 19.5 Å². The second kappa shape index (κ2) is 11.3. The summed E-state index contributed by atoms with van der Waals surface area (Å²) in [6.07, 6.45) is 0.357. The lowest BCUT2D eigenvalue weighted by Crippen LogP contribution is -2.66. The van der Waals surface area contributed by atoms with Crippen molar-refractivity contribution in [3.8, 4) is 0 Å². The van der Waals surface area contributed by atoms with Gasteiger partial charge < -0.3 is 17.7 Å². The van der Waals surface area contributed by atoms with Gasteiger partial charge in [-0.1, -0.05) is 83.1 Å². The third-order valence-electron chi connectivity index (χ3n) is 8.78. The molecule has 2 saturated heterocycles. The number of rotatable bonds is 7. The third-order valence-corrected chi connectivity index (χ3v) is 19.0. The summed E-state index contributed by atoms with van der Waals surface area (Å²) in [5.74, 6) is -0.438. The SMILES string of the molecule is CC(C)C(=O)Nc1nc2c(ncn2[C@@H]2O[C@@H]3CO[Si](C(C)C)(C(C)C)O[Si](C(C)C)(C(C)C)O[C@H]3C2(C)C)c(=O)[nH]1. The Morgan fingerprint density at radius 3 is 2.15 bits per heavy atom. The number of fused-ring (bicyclic) bond motifs is 2. The predicted molar refractivity (Wildman–Crippen MR) is 163 cm³/mol. The highest BCUT2D eigenvalue weighted by atomic mass is 28.5. The number of amides is 1. The highest BCUT2D eigenvalue weighted by Gasteiger charge is 2.63. The van der Waals surface area contributed by atoms with Gasteiger partial charge in [0.15, 0.2) is 11.2 Å². The molecule has 11 nitrogen and oxygen atoms in total. The first kappa shape index (κ1) is 32.0. The summed E-state index contributed by atoms with van der Waals surface area (Å²) in [7, 11) is -5.58. The van der Waals surface area contributed by atoms with Crippen LogP contribution < -0.4 is 10.9 Å². The number of hydrogen-bond donors (Lipinski definition) is 2. The van der Waals surface area contributed by atoms with Crippen molar-refractivity contribution in [3.05, 3.63) is 16.7 Å². The predicted octanol–water partition coefficient (Wildman–Crippen LogP) is 5.59. The van der Waals surface area contributed by atoms with E-state index in [-0.39, 0.29) is 57.7 Å². The number of ether oxygens (including phenoxy) is 1. The zero-order chi connectivity index (χ0) is 30.7. The summed E-state index contributed by atoms with van der Waals surface area (Å²) in [5, 5.41) is 2.70. The lowest BCUT2D eigenvalue weighted by Gasteiger charge is -2.52. The molecule has 1 amide bonds. The van der Waals surface area contributed by atoms with Crippen molar-refractivity contribution < 1.29 is 22.5 Å². The fraction of sp³-hybridized carbons (Fsp3) is 0.786. The molecule has 2 N–H and O–H groups in total. The van der Waals surface area contributed by atoms with Crippen molar-refractivity contribution in [1.29, 1.82) is 0 Å². The minimum atomic E-state index is -2.86. The molecule has 4 heterocycles. The topological polar surface area (TPSA) is 130 Å². The van der Waals surface area contributed by atoms with E-state index in [1.165, 1.54) is 0 Å². The molecule has 0 spiro atoms. The second-order valence-electron chi connectivity index (χ2n) is 13.7. The van der Waals surface area contributed by atoms with E-state index in [4.69, 9.17) is 17.7 Å². The molecule has 2 fully saturated rings. The molecule has 230 valence electrons. The van der Waals surface area contributed by atoms with Gasteiger partial charge in [-0.25, -0.2) is 4.98 Å². The number of carbonyl (C=O) groups excluding carboxylic acids is 1. The van der Waals surface area contributed by atoms with Crippen LogP contribution in [0.1, 0.15) is 89.3 Å². The van der Waals surface area contributed by atoms with Crippen LogP contribution in [0.2, 0.25) is 22.2 Å². The van der Waals surface area contributed by atoms with Crippen LogP contribution in [0.3, 0.4) is 0 Å². The number of hydrogen-bond acceptors (Lipinski definition) is 8. The molecule has 2 aliphatic heterocycles. The fourth-order valence-corrected chi connectivity index (χ4v) is 17.7. The maximum Gasteiger partial charge on any atom is 0.335 e. The van der Waals surface area contributed by atoms with E-state index in [0.29, 0.717) is 12.3 Å². The Hall–Kier alpha value is -1.91. The molecule has 3 atom stereocenters. The Morgan fingerprint density at radius 1 is 1.02 bits per heavy atom. The number of nitrogens with zero attached hydrogens (tertiary/aromatic N) is 3. The van der Waals surface area contributed by atoms with Crippen molar-refractivity contribution in [2.45, 2.75) is 124 Å². The third kappa shape index (κ3) is 5.37. The second-order valence-corrected chi connectivity index (χ2v) is 22.6. The fourth-order valence-electron chi connectivity index (χ4n) is 6.35. The highest BCUT2D eigenvalue weighted by Crippen LogP contribution is 2.53. The molecule has 0 aromatic carbocycles. The summed E-state index contributed by atoms with van der Waals surface area (Å²) in [5.41, 5.74) is 0.345. The number of aromatic amines is 1. The molecular formula is C28H49N5O6Si2. The van der Waals surface area contributed by atoms with Gasteiger partial charge in [-0.2, -0.15) is 4.98 Å². The van der Waals surface area contributed by atoms with E-state index in [9.17, 15) is 9.59 Å². The quantitative estimate of drug-likeness (QED) is 0.390. The van der Waals surface area contributed by atoms with E-state index in [2.05, 4.69) is 89.5 Å². The first-order chi connectivity index (χ1) is 19.0. The van der Waals surface area contributed by atoms with Gasteiger partial charge in [0, 0.05) is 11.3 Å². The van der Waals surface area contributed by atoms with Gasteiger partial charge in [0.1, 0.15) is 12.3 Å². The van der Waals surface area contributed by atoms with Crippen LogP contribution in [-0.4, -0.2) is 61.4 Å². The van der Waals surface area contributed by atoms with Crippen LogP contribution in [0.25, 0.3) is 11.2 Å². The van der Waals surface area contributed by atoms with Gasteiger partial charge in [-0.15, -0.1) is 0 Å². The molecule has 0 bridgehead atoms. The van der Waals surface area contributed by atoms with Gasteiger partial charge in [0.2, 0.25) is 11.9 Å². The molecule has 0 saturated carbocycles. The van der Waals surface area contributed by atoms with E-state index in [1.54, 1.807) is 24.7 Å². The van der Waals surface area contributed by atoms with Crippen LogP contribution in [0, 0.1) is 11.3 Å². The Kier molecular flexibility index (Phi) is 8.83. The molecule has 0 aliphatic carbocycles. The molecule has 0 unspecified atom stereocenters. The van der Waals surface area contributed by atoms with Crippen molar-refractivity contribution in [2.24, 2.45) is 11.3 Å². The standard InChI is InChI=1S/C28H49N5O6Si2/c1-15(2)24(34)31-27-30-23-21(25(35)32-27)29-14-33(23)26-28(11,12)22-20(37-26)13-36-40(16(3)4,17(5)6)39-41(38-22,18(7)8)19(9)10/h14-20,22,26H,13H2,1-12H3,(H2,30,31,32,34,35)/t20-,22-,26-/m1/s1. The molecular weight excluding hydrogens is 559 g/mol. The number of aromatic nitrogens is 4. The van der Waals surface area contributed by atoms with Crippen molar-refractivity contribution >= 4 is 40.1 Å². The highest BCUT2D eigenvalue weighted by molar-refractivity contribution is 6.84. The Balaban J connectivity index is 1.81. The van der Waals surface area contributed by atoms with Crippen molar-refractivity contribution in [2.75, 3.05) is 11.9 Å². The van der Waals surface area contributed by atoms with Crippen LogP contribution in [-0.2, 0) is 22.5 Å². The summed E-state index contributed by atoms with van der Waals surface area (Å²) in [6.45, 7) is 25.7. The van der Waals surface area contributed by atoms with E-state index in [1.807, 2.05) is 0 Å². The Morgan fingerprint density at radius 2 is 1.61 bits per heavy atom. The Bertz CT molecular complexity index is 1300. The van der Waals surface area contributed by atoms with Crippen LogP contribution >= 0.6 is 0 Å². The van der Waals surface area contributed by atoms with Gasteiger partial charge in [-0.3, -0.25) is 24.5 Å². The number of H-pyrrole nitrogens is 1. The zero-order valence-electron chi connectivity index (χ0n) is 26.7. The Labute approximate surface area is 245 Å². The average Bonchev–Trinajstić information content (AvgIpc) is 3.36. The molecule has 41 heavy (non-hydrogen) atoms. The average molecular weight is 608 g/mol. The molecule has 2 aliphatic rings. The summed E-state index contributed by atoms with van der Waals surface area (Å²) in [6, 6.07) is 0. The largest absolute Gasteiger partial charge is 0.414 e. The lowest BCUT2D eigenvalue weighted by atomic mass is 9.84. The monoisotopic (exact) mass is 607 g/mol. The number of carbonyl (C=O) groups is 1.